The highest BCUT2D eigenvalue weighted by Crippen LogP contribution is 2.31. The number of nitrogens with one attached hydrogen (secondary N) is 4. The molecule has 1 aromatic carbocycles. The van der Waals surface area contributed by atoms with E-state index in [2.05, 4.69) is 16.0 Å². The van der Waals surface area contributed by atoms with Crippen molar-refractivity contribution in [1.29, 1.82) is 0 Å². The number of aromatic hydroxyl groups is 2. The Hall–Kier alpha value is -5.21. The molecule has 0 bridgehead atoms. The number of nitrogens with zero attached hydrogens (tertiary/aromatic N) is 2. The van der Waals surface area contributed by atoms with Gasteiger partial charge >= 0.3 is 0 Å². The lowest BCUT2D eigenvalue weighted by Gasteiger charge is -2.34. The molecule has 0 aliphatic carbocycles. The highest BCUT2D eigenvalue weighted by molar-refractivity contribution is 5.98. The summed E-state index contributed by atoms with van der Waals surface area (Å²) in [5, 5.41) is 105. The summed E-state index contributed by atoms with van der Waals surface area (Å²) < 4.78 is 0. The molecule has 0 aromatic heterocycles. The van der Waals surface area contributed by atoms with Gasteiger partial charge in [-0.1, -0.05) is 19.9 Å². The number of amides is 7. The Labute approximate surface area is 342 Å². The minimum Gasteiger partial charge on any atom is -0.504 e. The maximum Gasteiger partial charge on any atom is 0.248 e. The molecule has 15 atom stereocenters. The van der Waals surface area contributed by atoms with Gasteiger partial charge in [0.25, 0.3) is 0 Å². The number of hydrogen-bond acceptors (Lipinski definition) is 17. The first-order valence-corrected chi connectivity index (χ1v) is 19.1. The molecule has 4 rings (SSSR count). The van der Waals surface area contributed by atoms with E-state index in [1.54, 1.807) is 6.92 Å². The molecular weight excluding hydrogens is 800 g/mol. The molecule has 334 valence electrons. The Morgan fingerprint density at radius 1 is 0.783 bits per heavy atom. The number of hydrogen-bond donors (Lipinski definition) is 15. The van der Waals surface area contributed by atoms with Crippen molar-refractivity contribution in [2.75, 3.05) is 13.1 Å². The zero-order chi connectivity index (χ0) is 45.1. The van der Waals surface area contributed by atoms with Gasteiger partial charge in [0.15, 0.2) is 17.7 Å². The molecular formula is C36H54N8O16. The van der Waals surface area contributed by atoms with E-state index in [-0.39, 0.29) is 18.5 Å². The first-order valence-electron chi connectivity index (χ1n) is 19.1. The van der Waals surface area contributed by atoms with Crippen LogP contribution in [0.1, 0.15) is 51.7 Å². The zero-order valence-corrected chi connectivity index (χ0v) is 32.9. The Morgan fingerprint density at radius 3 is 1.98 bits per heavy atom. The standard InChI is InChI=1S/C36H54N8O16/c1-12-6-17-31(55)41-25(29(53)28(52)15-4-5-18(46)19(47)7-15)33(57)40-24(20(48)9-22(38)50)36(60)44-11-13(2)27(51)26(44)34(58)42-32(56)21(49)8-16(37)30(54)39-23(14(3)45)35(59)43(17)10-12/h4-5,7,12-14,16-17,20-21,23-29,32,45-49,51-53,56H,6,8-11,37H2,1-3H3,(H2,38,50)(H,39,54)(H,40,57)(H,41,55)(H,42,58)/t12-,13+,14-,16+,17+,20-,21-,23+,24+,25+,26+,27+,28+,29+,32-/m1/s1. The Kier molecular flexibility index (Phi) is 15.4. The lowest BCUT2D eigenvalue weighted by atomic mass is 9.96. The van der Waals surface area contributed by atoms with Crippen molar-refractivity contribution < 1.29 is 79.5 Å². The lowest BCUT2D eigenvalue weighted by molar-refractivity contribution is -0.149. The number of rotatable bonds is 7. The summed E-state index contributed by atoms with van der Waals surface area (Å²) in [4.78, 5) is 97.0. The summed E-state index contributed by atoms with van der Waals surface area (Å²) in [6.07, 6.45) is -16.0. The molecule has 3 fully saturated rings. The van der Waals surface area contributed by atoms with E-state index >= 15 is 0 Å². The normalized spacial score (nSPS) is 33.5. The third-order valence-electron chi connectivity index (χ3n) is 10.9. The van der Waals surface area contributed by atoms with E-state index in [1.165, 1.54) is 6.92 Å². The van der Waals surface area contributed by atoms with Gasteiger partial charge < -0.3 is 88.5 Å². The number of nitrogens with two attached hydrogens (primary N) is 2. The second-order valence-corrected chi connectivity index (χ2v) is 15.7. The number of aliphatic hydroxyl groups is 7. The molecule has 3 aliphatic heterocycles. The first-order chi connectivity index (χ1) is 27.9. The summed E-state index contributed by atoms with van der Waals surface area (Å²) in [6.45, 7) is 3.63. The molecule has 3 saturated heterocycles. The fraction of sp³-hybridized carbons (Fsp3) is 0.639. The van der Waals surface area contributed by atoms with E-state index < -0.39 is 163 Å². The minimum atomic E-state index is -2.39. The van der Waals surface area contributed by atoms with Crippen LogP contribution >= 0.6 is 0 Å². The van der Waals surface area contributed by atoms with Gasteiger partial charge in [0.05, 0.1) is 30.8 Å². The van der Waals surface area contributed by atoms with Crippen molar-refractivity contribution in [3.8, 4) is 11.5 Å². The number of aliphatic hydroxyl groups excluding tert-OH is 7. The quantitative estimate of drug-likeness (QED) is 0.113. The number of benzene rings is 1. The van der Waals surface area contributed by atoms with E-state index in [9.17, 15) is 79.5 Å². The molecule has 0 saturated carbocycles. The maximum atomic E-state index is 14.3. The number of carbonyl (C=O) groups is 7. The van der Waals surface area contributed by atoms with Gasteiger partial charge in [-0.25, -0.2) is 0 Å². The second-order valence-electron chi connectivity index (χ2n) is 15.7. The molecule has 1 aromatic rings. The van der Waals surface area contributed by atoms with Crippen LogP contribution in [0.15, 0.2) is 18.2 Å². The molecule has 0 radical (unpaired) electrons. The summed E-state index contributed by atoms with van der Waals surface area (Å²) in [7, 11) is 0. The van der Waals surface area contributed by atoms with Gasteiger partial charge in [-0.15, -0.1) is 0 Å². The van der Waals surface area contributed by atoms with Crippen LogP contribution in [-0.4, -0.2) is 183 Å². The average molecular weight is 855 g/mol. The number of primary amides is 1. The largest absolute Gasteiger partial charge is 0.504 e. The predicted molar refractivity (Wildman–Crippen MR) is 201 cm³/mol. The highest BCUT2D eigenvalue weighted by atomic mass is 16.3. The van der Waals surface area contributed by atoms with Crippen molar-refractivity contribution in [2.45, 2.75) is 119 Å². The van der Waals surface area contributed by atoms with Crippen LogP contribution in [0, 0.1) is 11.8 Å². The topological polar surface area (TPSA) is 408 Å². The van der Waals surface area contributed by atoms with Crippen LogP contribution in [-0.2, 0) is 33.6 Å². The zero-order valence-electron chi connectivity index (χ0n) is 32.9. The van der Waals surface area contributed by atoms with E-state index in [1.807, 2.05) is 5.32 Å². The number of fused-ring (bicyclic) bond motifs is 2. The summed E-state index contributed by atoms with van der Waals surface area (Å²) in [5.41, 5.74) is 10.9. The molecule has 17 N–H and O–H groups in total. The van der Waals surface area contributed by atoms with Gasteiger partial charge in [-0.3, -0.25) is 33.6 Å². The van der Waals surface area contributed by atoms with Gasteiger partial charge in [0.2, 0.25) is 41.4 Å². The Bertz CT molecular complexity index is 1800. The van der Waals surface area contributed by atoms with E-state index in [0.29, 0.717) is 4.90 Å². The van der Waals surface area contributed by atoms with Crippen LogP contribution in [0.25, 0.3) is 0 Å². The molecule has 3 aliphatic rings. The van der Waals surface area contributed by atoms with Crippen LogP contribution in [0.2, 0.25) is 0 Å². The molecule has 60 heavy (non-hydrogen) atoms. The smallest absolute Gasteiger partial charge is 0.248 e. The predicted octanol–water partition coefficient (Wildman–Crippen LogP) is -7.47. The summed E-state index contributed by atoms with van der Waals surface area (Å²) in [6, 6.07) is -8.55. The maximum absolute atomic E-state index is 14.3. The average Bonchev–Trinajstić information content (AvgIpc) is 3.71. The summed E-state index contributed by atoms with van der Waals surface area (Å²) in [5.74, 6) is -11.2. The van der Waals surface area contributed by atoms with Gasteiger partial charge in [-0.2, -0.15) is 0 Å². The molecule has 0 unspecified atom stereocenters. The Morgan fingerprint density at radius 2 is 1.38 bits per heavy atom. The fourth-order valence-electron chi connectivity index (χ4n) is 7.47. The highest BCUT2D eigenvalue weighted by Gasteiger charge is 2.50. The van der Waals surface area contributed by atoms with E-state index in [0.717, 1.165) is 30.0 Å². The number of phenols is 2. The van der Waals surface area contributed by atoms with Crippen LogP contribution in [0.5, 0.6) is 11.5 Å². The number of carbonyl (C=O) groups excluding carboxylic acids is 7. The van der Waals surface area contributed by atoms with Crippen LogP contribution in [0.4, 0.5) is 0 Å². The third-order valence-corrected chi connectivity index (χ3v) is 10.9. The minimum absolute atomic E-state index is 0.0865. The molecule has 24 heteroatoms. The SMILES string of the molecule is C[C@@H]1C[C@H]2C(=O)N[C@@H]([C@H](O)[C@@H](O)c3ccc(O)c(O)c3)C(=O)N[C@@H]([C@H](O)CC(N)=O)C(=O)N3C[C@H](C)[C@H](O)[C@H]3C(=O)N[C@H](O)[C@H](O)C[C@H](N)C(=O)N[C@@H]([C@@H](C)O)C(=O)N2C1. The monoisotopic (exact) mass is 854 g/mol. The molecule has 0 spiro atoms. The van der Waals surface area contributed by atoms with E-state index in [4.69, 9.17) is 11.5 Å². The van der Waals surface area contributed by atoms with Crippen molar-refractivity contribution in [1.82, 2.24) is 31.1 Å². The fourth-order valence-corrected chi connectivity index (χ4v) is 7.47. The molecule has 3 heterocycles. The van der Waals surface area contributed by atoms with Gasteiger partial charge in [0, 0.05) is 25.4 Å². The molecule has 7 amide bonds. The van der Waals surface area contributed by atoms with Crippen LogP contribution in [0.3, 0.4) is 0 Å². The lowest BCUT2D eigenvalue weighted by Crippen LogP contribution is -2.64. The third kappa shape index (κ3) is 10.6. The van der Waals surface area contributed by atoms with Crippen LogP contribution < -0.4 is 32.7 Å². The van der Waals surface area contributed by atoms with Gasteiger partial charge in [0.1, 0.15) is 48.5 Å². The first kappa shape index (κ1) is 47.5. The second kappa shape index (κ2) is 19.4. The summed E-state index contributed by atoms with van der Waals surface area (Å²) >= 11 is 0. The van der Waals surface area contributed by atoms with Crippen molar-refractivity contribution in [2.24, 2.45) is 23.3 Å². The molecule has 24 nitrogen and oxygen atoms in total. The van der Waals surface area contributed by atoms with Gasteiger partial charge in [-0.05, 0) is 37.0 Å². The van der Waals surface area contributed by atoms with Crippen molar-refractivity contribution >= 4 is 41.4 Å². The Balaban J connectivity index is 1.86. The van der Waals surface area contributed by atoms with Crippen molar-refractivity contribution in [3.05, 3.63) is 23.8 Å². The van der Waals surface area contributed by atoms with Crippen molar-refractivity contribution in [3.63, 3.8) is 0 Å². The number of phenolic OH excluding ortho intramolecular Hbond substituents is 2.